The van der Waals surface area contributed by atoms with Crippen molar-refractivity contribution in [3.05, 3.63) is 59.7 Å². The first kappa shape index (κ1) is 19.9. The molecule has 2 aromatic carbocycles. The molecule has 0 fully saturated rings. The first-order valence-corrected chi connectivity index (χ1v) is 9.92. The summed E-state index contributed by atoms with van der Waals surface area (Å²) in [5, 5.41) is 2.87. The van der Waals surface area contributed by atoms with Gasteiger partial charge in [0.2, 0.25) is 11.8 Å². The fourth-order valence-electron chi connectivity index (χ4n) is 3.35. The first-order valence-electron chi connectivity index (χ1n) is 9.92. The summed E-state index contributed by atoms with van der Waals surface area (Å²) in [5.41, 5.74) is 3.11. The number of hydrogen-bond donors (Lipinski definition) is 1. The van der Waals surface area contributed by atoms with Gasteiger partial charge in [-0.3, -0.25) is 9.59 Å². The summed E-state index contributed by atoms with van der Waals surface area (Å²) in [6.45, 7) is 5.22. The van der Waals surface area contributed by atoms with Crippen molar-refractivity contribution in [1.82, 2.24) is 4.90 Å². The summed E-state index contributed by atoms with van der Waals surface area (Å²) in [6.07, 6.45) is 2.38. The highest BCUT2D eigenvalue weighted by atomic mass is 16.5. The van der Waals surface area contributed by atoms with E-state index in [4.69, 9.17) is 4.74 Å². The van der Waals surface area contributed by atoms with Crippen LogP contribution in [0.15, 0.2) is 48.5 Å². The van der Waals surface area contributed by atoms with Gasteiger partial charge in [0.05, 0.1) is 6.61 Å². The van der Waals surface area contributed by atoms with Gasteiger partial charge < -0.3 is 15.0 Å². The molecule has 0 spiro atoms. The maximum atomic E-state index is 12.7. The zero-order chi connectivity index (χ0) is 19.9. The summed E-state index contributed by atoms with van der Waals surface area (Å²) in [6, 6.07) is 15.9. The normalized spacial score (nSPS) is 13.0. The van der Waals surface area contributed by atoms with Gasteiger partial charge >= 0.3 is 0 Å². The number of benzene rings is 2. The fourth-order valence-corrected chi connectivity index (χ4v) is 3.35. The monoisotopic (exact) mass is 380 g/mol. The standard InChI is InChI=1S/C23H28N2O3/c1-17(2)25(16-18-7-4-3-5-8-18)23(27)9-6-14-28-20-11-12-21-19(15-20)10-13-22(26)24-21/h3-5,7-8,11-12,15,17H,6,9-10,13-14,16H2,1-2H3,(H,24,26). The van der Waals surface area contributed by atoms with E-state index in [2.05, 4.69) is 5.32 Å². The molecule has 1 N–H and O–H groups in total. The smallest absolute Gasteiger partial charge is 0.224 e. The SMILES string of the molecule is CC(C)N(Cc1ccccc1)C(=O)CCCOc1ccc2c(c1)CCC(=O)N2. The van der Waals surface area contributed by atoms with Crippen LogP contribution in [-0.4, -0.2) is 29.4 Å². The Hall–Kier alpha value is -2.82. The molecule has 5 heteroatoms. The second-order valence-corrected chi connectivity index (χ2v) is 7.42. The molecule has 0 radical (unpaired) electrons. The third kappa shape index (κ3) is 5.35. The molecule has 0 unspecified atom stereocenters. The molecule has 0 aliphatic carbocycles. The molecule has 28 heavy (non-hydrogen) atoms. The van der Waals surface area contributed by atoms with E-state index in [1.807, 2.05) is 67.3 Å². The van der Waals surface area contributed by atoms with Gasteiger partial charge in [-0.2, -0.15) is 0 Å². The Morgan fingerprint density at radius 2 is 1.93 bits per heavy atom. The molecule has 0 aromatic heterocycles. The average molecular weight is 380 g/mol. The molecule has 0 saturated heterocycles. The fraction of sp³-hybridized carbons (Fsp3) is 0.391. The van der Waals surface area contributed by atoms with Crippen molar-refractivity contribution in [3.8, 4) is 5.75 Å². The maximum absolute atomic E-state index is 12.7. The van der Waals surface area contributed by atoms with Crippen LogP contribution in [-0.2, 0) is 22.6 Å². The number of hydrogen-bond acceptors (Lipinski definition) is 3. The van der Waals surface area contributed by atoms with Crippen molar-refractivity contribution in [2.75, 3.05) is 11.9 Å². The number of nitrogens with one attached hydrogen (secondary N) is 1. The molecule has 5 nitrogen and oxygen atoms in total. The number of fused-ring (bicyclic) bond motifs is 1. The molecule has 0 saturated carbocycles. The molecular formula is C23H28N2O3. The van der Waals surface area contributed by atoms with Crippen LogP contribution in [0, 0.1) is 0 Å². The lowest BCUT2D eigenvalue weighted by Gasteiger charge is -2.27. The Morgan fingerprint density at radius 1 is 1.14 bits per heavy atom. The van der Waals surface area contributed by atoms with Crippen LogP contribution >= 0.6 is 0 Å². The van der Waals surface area contributed by atoms with E-state index in [0.29, 0.717) is 32.4 Å². The summed E-state index contributed by atoms with van der Waals surface area (Å²) in [4.78, 5) is 26.0. The number of amides is 2. The van der Waals surface area contributed by atoms with E-state index in [9.17, 15) is 9.59 Å². The molecule has 1 aliphatic rings. The zero-order valence-corrected chi connectivity index (χ0v) is 16.6. The number of rotatable bonds is 8. The van der Waals surface area contributed by atoms with E-state index in [1.165, 1.54) is 0 Å². The number of nitrogens with zero attached hydrogens (tertiary/aromatic N) is 1. The number of aryl methyl sites for hydroxylation is 1. The van der Waals surface area contributed by atoms with Crippen LogP contribution in [0.5, 0.6) is 5.75 Å². The van der Waals surface area contributed by atoms with Crippen molar-refractivity contribution in [3.63, 3.8) is 0 Å². The molecular weight excluding hydrogens is 352 g/mol. The lowest BCUT2D eigenvalue weighted by atomic mass is 10.0. The summed E-state index contributed by atoms with van der Waals surface area (Å²) in [5.74, 6) is 0.993. The third-order valence-electron chi connectivity index (χ3n) is 4.92. The van der Waals surface area contributed by atoms with E-state index in [1.54, 1.807) is 0 Å². The Bertz CT molecular complexity index is 818. The van der Waals surface area contributed by atoms with Gasteiger partial charge in [-0.1, -0.05) is 30.3 Å². The van der Waals surface area contributed by atoms with E-state index >= 15 is 0 Å². The van der Waals surface area contributed by atoms with Crippen molar-refractivity contribution in [2.24, 2.45) is 0 Å². The van der Waals surface area contributed by atoms with Crippen LogP contribution < -0.4 is 10.1 Å². The van der Waals surface area contributed by atoms with Gasteiger partial charge in [-0.15, -0.1) is 0 Å². The second kappa shape index (κ2) is 9.40. The van der Waals surface area contributed by atoms with Gasteiger partial charge in [0.25, 0.3) is 0 Å². The number of ether oxygens (including phenoxy) is 1. The Morgan fingerprint density at radius 3 is 2.68 bits per heavy atom. The Labute approximate surface area is 166 Å². The average Bonchev–Trinajstić information content (AvgIpc) is 2.69. The van der Waals surface area contributed by atoms with Crippen LogP contribution in [0.3, 0.4) is 0 Å². The van der Waals surface area contributed by atoms with E-state index < -0.39 is 0 Å². The van der Waals surface area contributed by atoms with Gasteiger partial charge in [0, 0.05) is 31.1 Å². The summed E-state index contributed by atoms with van der Waals surface area (Å²) in [7, 11) is 0. The minimum atomic E-state index is 0.0601. The number of anilines is 1. The quantitative estimate of drug-likeness (QED) is 0.700. The highest BCUT2D eigenvalue weighted by Crippen LogP contribution is 2.26. The van der Waals surface area contributed by atoms with Gasteiger partial charge in [0.15, 0.2) is 0 Å². The van der Waals surface area contributed by atoms with Crippen LogP contribution in [0.4, 0.5) is 5.69 Å². The lowest BCUT2D eigenvalue weighted by Crippen LogP contribution is -2.36. The number of carbonyl (C=O) groups is 2. The largest absolute Gasteiger partial charge is 0.494 e. The van der Waals surface area contributed by atoms with Crippen molar-refractivity contribution < 1.29 is 14.3 Å². The molecule has 2 amide bonds. The highest BCUT2D eigenvalue weighted by Gasteiger charge is 2.17. The zero-order valence-electron chi connectivity index (χ0n) is 16.6. The van der Waals surface area contributed by atoms with E-state index in [0.717, 1.165) is 29.0 Å². The minimum absolute atomic E-state index is 0.0601. The van der Waals surface area contributed by atoms with E-state index in [-0.39, 0.29) is 17.9 Å². The number of carbonyl (C=O) groups excluding carboxylic acids is 2. The minimum Gasteiger partial charge on any atom is -0.494 e. The summed E-state index contributed by atoms with van der Waals surface area (Å²) < 4.78 is 5.82. The molecule has 3 rings (SSSR count). The third-order valence-corrected chi connectivity index (χ3v) is 4.92. The Kier molecular flexibility index (Phi) is 6.69. The Balaban J connectivity index is 1.47. The topological polar surface area (TPSA) is 58.6 Å². The molecule has 2 aromatic rings. The molecule has 0 atom stereocenters. The van der Waals surface area contributed by atoms with Crippen LogP contribution in [0.2, 0.25) is 0 Å². The van der Waals surface area contributed by atoms with Crippen molar-refractivity contribution >= 4 is 17.5 Å². The summed E-state index contributed by atoms with van der Waals surface area (Å²) >= 11 is 0. The van der Waals surface area contributed by atoms with Crippen molar-refractivity contribution in [2.45, 2.75) is 52.1 Å². The van der Waals surface area contributed by atoms with Crippen LogP contribution in [0.25, 0.3) is 0 Å². The maximum Gasteiger partial charge on any atom is 0.224 e. The highest BCUT2D eigenvalue weighted by molar-refractivity contribution is 5.94. The van der Waals surface area contributed by atoms with Gasteiger partial charge in [-0.25, -0.2) is 0 Å². The molecule has 148 valence electrons. The predicted molar refractivity (Wildman–Crippen MR) is 110 cm³/mol. The molecule has 1 heterocycles. The van der Waals surface area contributed by atoms with Gasteiger partial charge in [0.1, 0.15) is 5.75 Å². The van der Waals surface area contributed by atoms with Crippen molar-refractivity contribution in [1.29, 1.82) is 0 Å². The van der Waals surface area contributed by atoms with Gasteiger partial charge in [-0.05, 0) is 56.0 Å². The molecule has 1 aliphatic heterocycles. The predicted octanol–water partition coefficient (Wildman–Crippen LogP) is 4.17. The lowest BCUT2D eigenvalue weighted by molar-refractivity contribution is -0.133. The second-order valence-electron chi connectivity index (χ2n) is 7.42. The first-order chi connectivity index (χ1) is 13.5. The van der Waals surface area contributed by atoms with Crippen LogP contribution in [0.1, 0.15) is 44.2 Å². The molecule has 0 bridgehead atoms.